The Bertz CT molecular complexity index is 469. The Balaban J connectivity index is 2.12. The van der Waals surface area contributed by atoms with Gasteiger partial charge in [0.2, 0.25) is 0 Å². The topological polar surface area (TPSA) is 46.3 Å². The number of nitrogens with two attached hydrogens (primary N) is 1. The molecule has 0 aliphatic heterocycles. The third-order valence-electron chi connectivity index (χ3n) is 3.44. The summed E-state index contributed by atoms with van der Waals surface area (Å²) >= 11 is 0. The van der Waals surface area contributed by atoms with Crippen LogP contribution in [0.4, 0.5) is 10.1 Å². The molecule has 1 aliphatic rings. The first kappa shape index (κ1) is 13.8. The molecule has 0 bridgehead atoms. The van der Waals surface area contributed by atoms with E-state index in [1.54, 1.807) is 0 Å². The van der Waals surface area contributed by atoms with Crippen molar-refractivity contribution in [2.45, 2.75) is 39.2 Å². The van der Waals surface area contributed by atoms with Crippen molar-refractivity contribution < 1.29 is 9.18 Å². The van der Waals surface area contributed by atoms with E-state index in [0.717, 1.165) is 25.8 Å². The Labute approximate surface area is 113 Å². The molecule has 0 radical (unpaired) electrons. The van der Waals surface area contributed by atoms with Crippen LogP contribution in [0.2, 0.25) is 0 Å². The van der Waals surface area contributed by atoms with Crippen molar-refractivity contribution >= 4 is 11.6 Å². The minimum absolute atomic E-state index is 0.0325. The van der Waals surface area contributed by atoms with Crippen molar-refractivity contribution in [2.24, 2.45) is 5.92 Å². The average Bonchev–Trinajstić information content (AvgIpc) is 3.16. The van der Waals surface area contributed by atoms with Gasteiger partial charge >= 0.3 is 0 Å². The van der Waals surface area contributed by atoms with Gasteiger partial charge in [-0.1, -0.05) is 13.8 Å². The predicted octanol–water partition coefficient (Wildman–Crippen LogP) is 3.06. The number of amides is 1. The molecule has 0 saturated heterocycles. The Hall–Kier alpha value is -1.58. The van der Waals surface area contributed by atoms with Crippen LogP contribution in [0.3, 0.4) is 0 Å². The summed E-state index contributed by atoms with van der Waals surface area (Å²) in [6.07, 6.45) is 3.12. The van der Waals surface area contributed by atoms with Gasteiger partial charge in [-0.15, -0.1) is 0 Å². The number of nitrogens with zero attached hydrogens (tertiary/aromatic N) is 1. The second-order valence-electron chi connectivity index (χ2n) is 5.65. The first-order valence-electron chi connectivity index (χ1n) is 6.85. The lowest BCUT2D eigenvalue weighted by Gasteiger charge is -2.23. The molecule has 1 aromatic rings. The first-order chi connectivity index (χ1) is 8.99. The number of halogens is 1. The standard InChI is InChI=1S/C15H21FN2O/c1-10(2)7-8-18(12-4-5-12)15(19)11-3-6-13(16)14(17)9-11/h3,6,9-10,12H,4-5,7-8,17H2,1-2H3. The Kier molecular flexibility index (Phi) is 4.08. The summed E-state index contributed by atoms with van der Waals surface area (Å²) in [7, 11) is 0. The van der Waals surface area contributed by atoms with Crippen molar-refractivity contribution in [1.82, 2.24) is 4.90 Å². The van der Waals surface area contributed by atoms with Crippen molar-refractivity contribution in [3.8, 4) is 0 Å². The summed E-state index contributed by atoms with van der Waals surface area (Å²) in [6.45, 7) is 5.05. The fourth-order valence-corrected chi connectivity index (χ4v) is 2.08. The molecule has 1 aliphatic carbocycles. The zero-order chi connectivity index (χ0) is 14.0. The molecule has 1 amide bonds. The number of carbonyl (C=O) groups excluding carboxylic acids is 1. The summed E-state index contributed by atoms with van der Waals surface area (Å²) < 4.78 is 13.1. The summed E-state index contributed by atoms with van der Waals surface area (Å²) in [5, 5.41) is 0. The number of hydrogen-bond acceptors (Lipinski definition) is 2. The number of nitrogen functional groups attached to an aromatic ring is 1. The molecule has 1 aromatic carbocycles. The van der Waals surface area contributed by atoms with Crippen LogP contribution in [0.25, 0.3) is 0 Å². The van der Waals surface area contributed by atoms with Gasteiger partial charge in [-0.3, -0.25) is 4.79 Å². The lowest BCUT2D eigenvalue weighted by Crippen LogP contribution is -2.34. The van der Waals surface area contributed by atoms with Crippen LogP contribution < -0.4 is 5.73 Å². The van der Waals surface area contributed by atoms with Crippen molar-refractivity contribution in [3.63, 3.8) is 0 Å². The van der Waals surface area contributed by atoms with Gasteiger partial charge in [-0.2, -0.15) is 0 Å². The minimum Gasteiger partial charge on any atom is -0.396 e. The number of rotatable bonds is 5. The van der Waals surface area contributed by atoms with Crippen LogP contribution >= 0.6 is 0 Å². The van der Waals surface area contributed by atoms with E-state index in [4.69, 9.17) is 5.73 Å². The second kappa shape index (κ2) is 5.59. The largest absolute Gasteiger partial charge is 0.396 e. The van der Waals surface area contributed by atoms with Gasteiger partial charge in [0, 0.05) is 18.2 Å². The highest BCUT2D eigenvalue weighted by atomic mass is 19.1. The van der Waals surface area contributed by atoms with Gasteiger partial charge in [-0.25, -0.2) is 4.39 Å². The van der Waals surface area contributed by atoms with Crippen LogP contribution in [0, 0.1) is 11.7 Å². The maximum absolute atomic E-state index is 13.1. The molecule has 104 valence electrons. The first-order valence-corrected chi connectivity index (χ1v) is 6.85. The minimum atomic E-state index is -0.475. The molecule has 19 heavy (non-hydrogen) atoms. The zero-order valence-corrected chi connectivity index (χ0v) is 11.5. The van der Waals surface area contributed by atoms with Gasteiger partial charge < -0.3 is 10.6 Å². The zero-order valence-electron chi connectivity index (χ0n) is 11.5. The smallest absolute Gasteiger partial charge is 0.254 e. The molecular weight excluding hydrogens is 243 g/mol. The third-order valence-corrected chi connectivity index (χ3v) is 3.44. The highest BCUT2D eigenvalue weighted by Crippen LogP contribution is 2.29. The molecule has 1 fully saturated rings. The molecule has 2 N–H and O–H groups in total. The lowest BCUT2D eigenvalue weighted by molar-refractivity contribution is 0.0735. The number of carbonyl (C=O) groups is 1. The highest BCUT2D eigenvalue weighted by Gasteiger charge is 2.32. The van der Waals surface area contributed by atoms with Crippen LogP contribution in [0.15, 0.2) is 18.2 Å². The molecular formula is C15H21FN2O. The SMILES string of the molecule is CC(C)CCN(C(=O)c1ccc(F)c(N)c1)C1CC1. The Morgan fingerprint density at radius 1 is 1.47 bits per heavy atom. The molecule has 0 atom stereocenters. The van der Waals surface area contributed by atoms with Gasteiger partial charge in [0.25, 0.3) is 5.91 Å². The molecule has 0 heterocycles. The summed E-state index contributed by atoms with van der Waals surface area (Å²) in [6, 6.07) is 4.56. The highest BCUT2D eigenvalue weighted by molar-refractivity contribution is 5.95. The van der Waals surface area contributed by atoms with Gasteiger partial charge in [0.05, 0.1) is 5.69 Å². The van der Waals surface area contributed by atoms with Crippen molar-refractivity contribution in [3.05, 3.63) is 29.6 Å². The number of hydrogen-bond donors (Lipinski definition) is 1. The van der Waals surface area contributed by atoms with E-state index in [2.05, 4.69) is 13.8 Å². The monoisotopic (exact) mass is 264 g/mol. The van der Waals surface area contributed by atoms with Crippen LogP contribution in [0.1, 0.15) is 43.5 Å². The van der Waals surface area contributed by atoms with E-state index in [1.807, 2.05) is 4.90 Å². The Morgan fingerprint density at radius 2 is 2.16 bits per heavy atom. The van der Waals surface area contributed by atoms with E-state index >= 15 is 0 Å². The van der Waals surface area contributed by atoms with E-state index in [0.29, 0.717) is 17.5 Å². The molecule has 0 aromatic heterocycles. The normalized spacial score (nSPS) is 14.7. The van der Waals surface area contributed by atoms with E-state index < -0.39 is 5.82 Å². The van der Waals surface area contributed by atoms with E-state index in [1.165, 1.54) is 18.2 Å². The molecule has 2 rings (SSSR count). The molecule has 3 nitrogen and oxygen atoms in total. The third kappa shape index (κ3) is 3.46. The Morgan fingerprint density at radius 3 is 2.68 bits per heavy atom. The average molecular weight is 264 g/mol. The van der Waals surface area contributed by atoms with Gasteiger partial charge in [0.1, 0.15) is 5.82 Å². The van der Waals surface area contributed by atoms with Gasteiger partial charge in [-0.05, 0) is 43.4 Å². The van der Waals surface area contributed by atoms with E-state index in [-0.39, 0.29) is 11.6 Å². The van der Waals surface area contributed by atoms with Crippen LogP contribution in [-0.4, -0.2) is 23.4 Å². The fourth-order valence-electron chi connectivity index (χ4n) is 2.08. The quantitative estimate of drug-likeness (QED) is 0.831. The maximum Gasteiger partial charge on any atom is 0.254 e. The van der Waals surface area contributed by atoms with Crippen LogP contribution in [0.5, 0.6) is 0 Å². The summed E-state index contributed by atoms with van der Waals surface area (Å²) in [4.78, 5) is 14.4. The molecule has 0 spiro atoms. The fraction of sp³-hybridized carbons (Fsp3) is 0.533. The van der Waals surface area contributed by atoms with Crippen molar-refractivity contribution in [2.75, 3.05) is 12.3 Å². The van der Waals surface area contributed by atoms with Gasteiger partial charge in [0.15, 0.2) is 0 Å². The van der Waals surface area contributed by atoms with E-state index in [9.17, 15) is 9.18 Å². The summed E-state index contributed by atoms with van der Waals surface area (Å²) in [5.41, 5.74) is 6.04. The summed E-state index contributed by atoms with van der Waals surface area (Å²) in [5.74, 6) is 0.0545. The lowest BCUT2D eigenvalue weighted by atomic mass is 10.1. The molecule has 4 heteroatoms. The molecule has 1 saturated carbocycles. The number of benzene rings is 1. The number of anilines is 1. The maximum atomic E-state index is 13.1. The van der Waals surface area contributed by atoms with Crippen LogP contribution in [-0.2, 0) is 0 Å². The van der Waals surface area contributed by atoms with Crippen molar-refractivity contribution in [1.29, 1.82) is 0 Å². The molecule has 0 unspecified atom stereocenters. The predicted molar refractivity (Wildman–Crippen MR) is 74.3 cm³/mol. The second-order valence-corrected chi connectivity index (χ2v) is 5.65.